The number of carbonyl (C=O) groups excluding carboxylic acids is 1. The normalized spacial score (nSPS) is 12.0. The van der Waals surface area contributed by atoms with Crippen LogP contribution < -0.4 is 5.32 Å². The van der Waals surface area contributed by atoms with E-state index in [1.807, 2.05) is 0 Å². The van der Waals surface area contributed by atoms with E-state index >= 15 is 0 Å². The van der Waals surface area contributed by atoms with Crippen molar-refractivity contribution in [2.24, 2.45) is 0 Å². The molecule has 0 saturated heterocycles. The van der Waals surface area contributed by atoms with Gasteiger partial charge in [-0.3, -0.25) is 4.79 Å². The summed E-state index contributed by atoms with van der Waals surface area (Å²) >= 11 is 0. The second-order valence-corrected chi connectivity index (χ2v) is 7.11. The number of benzene rings is 2. The van der Waals surface area contributed by atoms with Crippen molar-refractivity contribution in [3.63, 3.8) is 0 Å². The number of alkyl halides is 3. The van der Waals surface area contributed by atoms with E-state index in [1.54, 1.807) is 18.2 Å². The Bertz CT molecular complexity index is 801. The number of amides is 1. The van der Waals surface area contributed by atoms with Gasteiger partial charge in [-0.1, -0.05) is 18.2 Å². The minimum absolute atomic E-state index is 0.118. The van der Waals surface area contributed by atoms with E-state index in [2.05, 4.69) is 5.32 Å². The predicted octanol–water partition coefficient (Wildman–Crippen LogP) is 3.51. The number of carbonyl (C=O) groups is 1. The molecule has 2 aromatic carbocycles. The Morgan fingerprint density at radius 2 is 1.54 bits per heavy atom. The summed E-state index contributed by atoms with van der Waals surface area (Å²) in [5.74, 6) is -0.974. The Balaban J connectivity index is 1.94. The zero-order valence-electron chi connectivity index (χ0n) is 12.4. The highest BCUT2D eigenvalue weighted by Crippen LogP contribution is 2.29. The van der Waals surface area contributed by atoms with Gasteiger partial charge < -0.3 is 5.32 Å². The first kappa shape index (κ1) is 18.0. The van der Waals surface area contributed by atoms with Crippen molar-refractivity contribution in [1.82, 2.24) is 0 Å². The summed E-state index contributed by atoms with van der Waals surface area (Å²) in [6.07, 6.45) is -4.75. The van der Waals surface area contributed by atoms with E-state index in [0.717, 1.165) is 24.3 Å². The maximum absolute atomic E-state index is 12.4. The third kappa shape index (κ3) is 4.82. The van der Waals surface area contributed by atoms with Crippen LogP contribution in [0.4, 0.5) is 18.9 Å². The highest BCUT2D eigenvalue weighted by molar-refractivity contribution is 7.91. The van der Waals surface area contributed by atoms with Crippen molar-refractivity contribution in [3.8, 4) is 0 Å². The lowest BCUT2D eigenvalue weighted by Crippen LogP contribution is -2.17. The van der Waals surface area contributed by atoms with E-state index in [9.17, 15) is 26.4 Å². The lowest BCUT2D eigenvalue weighted by Gasteiger charge is -2.09. The summed E-state index contributed by atoms with van der Waals surface area (Å²) in [6.45, 7) is 0. The van der Waals surface area contributed by atoms with Crippen molar-refractivity contribution in [2.45, 2.75) is 17.5 Å². The van der Waals surface area contributed by atoms with Gasteiger partial charge in [0.15, 0.2) is 9.84 Å². The van der Waals surface area contributed by atoms with Gasteiger partial charge in [-0.25, -0.2) is 8.42 Å². The van der Waals surface area contributed by atoms with Gasteiger partial charge in [-0.2, -0.15) is 13.2 Å². The number of anilines is 1. The number of rotatable bonds is 5. The van der Waals surface area contributed by atoms with Crippen molar-refractivity contribution < 1.29 is 26.4 Å². The smallest absolute Gasteiger partial charge is 0.326 e. The number of hydrogen-bond donors (Lipinski definition) is 1. The molecular weight excluding hydrogens is 343 g/mol. The minimum Gasteiger partial charge on any atom is -0.326 e. The number of halogens is 3. The van der Waals surface area contributed by atoms with Crippen molar-refractivity contribution in [2.75, 3.05) is 11.1 Å². The monoisotopic (exact) mass is 357 g/mol. The van der Waals surface area contributed by atoms with Crippen molar-refractivity contribution in [3.05, 3.63) is 60.2 Å². The predicted molar refractivity (Wildman–Crippen MR) is 83.2 cm³/mol. The second-order valence-electron chi connectivity index (χ2n) is 5.01. The zero-order chi connectivity index (χ0) is 17.8. The summed E-state index contributed by atoms with van der Waals surface area (Å²) in [7, 11) is -3.58. The van der Waals surface area contributed by atoms with E-state index < -0.39 is 27.5 Å². The molecule has 0 aliphatic heterocycles. The lowest BCUT2D eigenvalue weighted by molar-refractivity contribution is -0.137. The van der Waals surface area contributed by atoms with E-state index in [0.29, 0.717) is 0 Å². The Morgan fingerprint density at radius 3 is 2.08 bits per heavy atom. The molecule has 4 nitrogen and oxygen atoms in total. The van der Waals surface area contributed by atoms with E-state index in [1.165, 1.54) is 12.1 Å². The Kier molecular flexibility index (Phi) is 5.28. The minimum atomic E-state index is -4.45. The number of nitrogens with one attached hydrogen (secondary N) is 1. The Morgan fingerprint density at radius 1 is 0.958 bits per heavy atom. The highest BCUT2D eigenvalue weighted by Gasteiger charge is 2.30. The summed E-state index contributed by atoms with van der Waals surface area (Å²) in [4.78, 5) is 11.9. The van der Waals surface area contributed by atoms with Gasteiger partial charge >= 0.3 is 6.18 Å². The fourth-order valence-corrected chi connectivity index (χ4v) is 3.20. The van der Waals surface area contributed by atoms with Gasteiger partial charge in [-0.05, 0) is 36.4 Å². The zero-order valence-corrected chi connectivity index (χ0v) is 13.2. The first-order chi connectivity index (χ1) is 11.2. The van der Waals surface area contributed by atoms with Gasteiger partial charge in [0.2, 0.25) is 5.91 Å². The molecule has 24 heavy (non-hydrogen) atoms. The first-order valence-corrected chi connectivity index (χ1v) is 8.59. The first-order valence-electron chi connectivity index (χ1n) is 6.93. The van der Waals surface area contributed by atoms with Crippen LogP contribution in [0.15, 0.2) is 59.5 Å². The lowest BCUT2D eigenvalue weighted by atomic mass is 10.2. The molecule has 0 aliphatic carbocycles. The van der Waals surface area contributed by atoms with Gasteiger partial charge in [-0.15, -0.1) is 0 Å². The van der Waals surface area contributed by atoms with E-state index in [4.69, 9.17) is 0 Å². The molecular formula is C16H14F3NO3S. The second kappa shape index (κ2) is 7.04. The molecule has 2 aromatic rings. The van der Waals surface area contributed by atoms with Gasteiger partial charge in [0.25, 0.3) is 0 Å². The molecule has 0 aromatic heterocycles. The summed E-state index contributed by atoms with van der Waals surface area (Å²) in [6, 6.07) is 11.6. The molecule has 1 amide bonds. The average Bonchev–Trinajstić information content (AvgIpc) is 2.54. The van der Waals surface area contributed by atoms with Crippen LogP contribution in [-0.4, -0.2) is 20.1 Å². The molecule has 1 N–H and O–H groups in total. The number of sulfone groups is 1. The molecule has 0 saturated carbocycles. The maximum atomic E-state index is 12.4. The standard InChI is InChI=1S/C16H14F3NO3S/c17-16(18,19)12-6-8-13(9-7-12)20-15(21)10-11-24(22,23)14-4-2-1-3-5-14/h1-9H,10-11H2,(H,20,21). The van der Waals surface area contributed by atoms with Crippen molar-refractivity contribution >= 4 is 21.4 Å². The van der Waals surface area contributed by atoms with Gasteiger partial charge in [0, 0.05) is 12.1 Å². The maximum Gasteiger partial charge on any atom is 0.416 e. The average molecular weight is 357 g/mol. The molecule has 0 fully saturated rings. The summed E-state index contributed by atoms with van der Waals surface area (Å²) < 4.78 is 61.4. The quantitative estimate of drug-likeness (QED) is 0.891. The van der Waals surface area contributed by atoms with Crippen LogP contribution >= 0.6 is 0 Å². The molecule has 0 spiro atoms. The van der Waals surface area contributed by atoms with Crippen LogP contribution in [0, 0.1) is 0 Å². The molecule has 0 radical (unpaired) electrons. The fourth-order valence-electron chi connectivity index (χ4n) is 1.94. The van der Waals surface area contributed by atoms with E-state index in [-0.39, 0.29) is 22.8 Å². The Hall–Kier alpha value is -2.35. The third-order valence-corrected chi connectivity index (χ3v) is 4.93. The summed E-state index contributed by atoms with van der Waals surface area (Å²) in [5.41, 5.74) is -0.655. The molecule has 8 heteroatoms. The van der Waals surface area contributed by atoms with Gasteiger partial charge in [0.1, 0.15) is 0 Å². The molecule has 2 rings (SSSR count). The molecule has 0 atom stereocenters. The van der Waals surface area contributed by atoms with Gasteiger partial charge in [0.05, 0.1) is 16.2 Å². The van der Waals surface area contributed by atoms with Crippen LogP contribution in [0.2, 0.25) is 0 Å². The SMILES string of the molecule is O=C(CCS(=O)(=O)c1ccccc1)Nc1ccc(C(F)(F)F)cc1. The molecule has 0 unspecified atom stereocenters. The van der Waals surface area contributed by atoms with Crippen LogP contribution in [0.1, 0.15) is 12.0 Å². The van der Waals surface area contributed by atoms with Crippen LogP contribution in [-0.2, 0) is 20.8 Å². The molecule has 128 valence electrons. The van der Waals surface area contributed by atoms with Crippen LogP contribution in [0.25, 0.3) is 0 Å². The van der Waals surface area contributed by atoms with Crippen LogP contribution in [0.3, 0.4) is 0 Å². The summed E-state index contributed by atoms with van der Waals surface area (Å²) in [5, 5.41) is 2.37. The topological polar surface area (TPSA) is 63.2 Å². The fraction of sp³-hybridized carbons (Fsp3) is 0.188. The Labute approximate surface area is 137 Å². The molecule has 0 aliphatic rings. The molecule has 0 bridgehead atoms. The third-order valence-electron chi connectivity index (χ3n) is 3.20. The van der Waals surface area contributed by atoms with Crippen LogP contribution in [0.5, 0.6) is 0 Å². The largest absolute Gasteiger partial charge is 0.416 e. The number of hydrogen-bond acceptors (Lipinski definition) is 3. The molecule has 0 heterocycles. The van der Waals surface area contributed by atoms with Crippen molar-refractivity contribution in [1.29, 1.82) is 0 Å². The highest BCUT2D eigenvalue weighted by atomic mass is 32.2.